The van der Waals surface area contributed by atoms with Crippen molar-refractivity contribution in [1.29, 1.82) is 0 Å². The molecule has 0 N–H and O–H groups in total. The number of hydrogen-bond donors (Lipinski definition) is 0. The van der Waals surface area contributed by atoms with Crippen LogP contribution in [-0.4, -0.2) is 19.1 Å². The number of ether oxygens (including phenoxy) is 1. The van der Waals surface area contributed by atoms with Crippen molar-refractivity contribution in [1.82, 2.24) is 19.1 Å². The van der Waals surface area contributed by atoms with Crippen LogP contribution >= 0.6 is 0 Å². The van der Waals surface area contributed by atoms with E-state index in [1.165, 1.54) is 11.1 Å². The summed E-state index contributed by atoms with van der Waals surface area (Å²) in [5.41, 5.74) is 8.65. The largest absolute Gasteiger partial charge is 0.458 e. The van der Waals surface area contributed by atoms with E-state index in [1.54, 1.807) is 6.20 Å². The van der Waals surface area contributed by atoms with Crippen LogP contribution in [0.3, 0.4) is 0 Å². The second kappa shape index (κ2) is 13.6. The average Bonchev–Trinajstić information content (AvgIpc) is 3.73. The molecular weight excluding hydrogens is 663 g/mol. The van der Waals surface area contributed by atoms with E-state index < -0.39 is 5.89 Å². The Hall–Kier alpha value is -5.75. The number of fused-ring (bicyclic) bond motifs is 4. The molecule has 0 atom stereocenters. The number of aromatic nitrogens is 5. The van der Waals surface area contributed by atoms with Gasteiger partial charge < -0.3 is 4.74 Å². The van der Waals surface area contributed by atoms with Crippen LogP contribution in [0.5, 0.6) is 11.5 Å². The molecule has 0 unspecified atom stereocenters. The van der Waals surface area contributed by atoms with E-state index in [0.29, 0.717) is 17.3 Å². The minimum Gasteiger partial charge on any atom is -0.458 e. The molecule has 0 spiro atoms. The van der Waals surface area contributed by atoms with Crippen molar-refractivity contribution >= 4 is 32.8 Å². The number of hydrogen-bond acceptors (Lipinski definition) is 3. The molecule has 0 saturated carbocycles. The van der Waals surface area contributed by atoms with Crippen LogP contribution in [-0.2, 0) is 10.8 Å². The number of imidazole rings is 1. The Morgan fingerprint density at radius 3 is 2.02 bits per heavy atom. The van der Waals surface area contributed by atoms with Crippen LogP contribution in [0, 0.1) is 6.33 Å². The fraction of sp³-hybridized carbons (Fsp3) is 0.271. The maximum absolute atomic E-state index is 9.13. The number of para-hydroxylation sites is 3. The van der Waals surface area contributed by atoms with Gasteiger partial charge in [-0.3, -0.25) is 18.7 Å². The number of pyridine rings is 2. The van der Waals surface area contributed by atoms with Gasteiger partial charge in [0.15, 0.2) is 5.82 Å². The summed E-state index contributed by atoms with van der Waals surface area (Å²) in [6.07, 6.45) is 8.72. The molecule has 0 saturated heterocycles. The zero-order chi connectivity index (χ0) is 38.7. The average molecular weight is 713 g/mol. The Bertz CT molecular complexity index is 2670. The molecule has 0 fully saturated rings. The number of nitrogens with zero attached hydrogens (tertiary/aromatic N) is 5. The van der Waals surface area contributed by atoms with E-state index in [-0.39, 0.29) is 10.8 Å². The fourth-order valence-electron chi connectivity index (χ4n) is 7.43. The van der Waals surface area contributed by atoms with Crippen LogP contribution in [0.2, 0.25) is 0 Å². The molecule has 0 bridgehead atoms. The molecule has 0 aliphatic heterocycles. The topological polar surface area (TPSA) is 48.8 Å². The van der Waals surface area contributed by atoms with Gasteiger partial charge in [-0.2, -0.15) is 0 Å². The van der Waals surface area contributed by atoms with Crippen molar-refractivity contribution < 1.29 is 10.7 Å². The third-order valence-corrected chi connectivity index (χ3v) is 10.5. The molecule has 54 heavy (non-hydrogen) atoms. The molecular formula is C48H49N5O. The first-order chi connectivity index (χ1) is 26.3. The van der Waals surface area contributed by atoms with E-state index >= 15 is 0 Å². The maximum Gasteiger partial charge on any atom is 0.271 e. The summed E-state index contributed by atoms with van der Waals surface area (Å²) < 4.78 is 22.1. The van der Waals surface area contributed by atoms with Gasteiger partial charge in [0, 0.05) is 36.7 Å². The van der Waals surface area contributed by atoms with Crippen LogP contribution in [0.25, 0.3) is 50.2 Å². The highest BCUT2D eigenvalue weighted by Gasteiger charge is 2.23. The first-order valence-corrected chi connectivity index (χ1v) is 19.0. The molecule has 0 radical (unpaired) electrons. The first kappa shape index (κ1) is 34.0. The lowest BCUT2D eigenvalue weighted by molar-refractivity contribution is -0.572. The molecule has 6 heteroatoms. The van der Waals surface area contributed by atoms with E-state index in [4.69, 9.17) is 16.1 Å². The predicted octanol–water partition coefficient (Wildman–Crippen LogP) is 11.9. The monoisotopic (exact) mass is 712 g/mol. The summed E-state index contributed by atoms with van der Waals surface area (Å²) in [5, 5.41) is 2.24. The zero-order valence-electron chi connectivity index (χ0n) is 33.6. The standard InChI is InChI=1S/C48H49N5O/c1-9-32(10-2)33-21-23-50-46(25-33)53-41-16-12-11-15-39(41)40-20-19-37(29-44(40)53)54-38-22-24-49-45(30-38)52-31-51(42-17-13-14-18-43(42)52)36-27-34(47(3,4)5)26-35(28-36)48(6,7)8/h11-30,32H,9-10H2,1-8H3/i32D. The van der Waals surface area contributed by atoms with Crippen molar-refractivity contribution in [2.24, 2.45) is 0 Å². The Balaban J connectivity index is 1.20. The zero-order valence-corrected chi connectivity index (χ0v) is 32.6. The third-order valence-electron chi connectivity index (χ3n) is 10.5. The summed E-state index contributed by atoms with van der Waals surface area (Å²) >= 11 is 0. The molecule has 4 aromatic heterocycles. The second-order valence-corrected chi connectivity index (χ2v) is 16.2. The quantitative estimate of drug-likeness (QED) is 0.116. The van der Waals surface area contributed by atoms with Crippen LogP contribution in [0.1, 0.15) is 92.2 Å². The minimum absolute atomic E-state index is 0.0158. The molecule has 0 aliphatic rings. The van der Waals surface area contributed by atoms with Gasteiger partial charge in [-0.15, -0.1) is 0 Å². The Kier molecular flexibility index (Phi) is 8.57. The highest BCUT2D eigenvalue weighted by atomic mass is 16.5. The Morgan fingerprint density at radius 2 is 1.30 bits per heavy atom. The van der Waals surface area contributed by atoms with Gasteiger partial charge in [0.1, 0.15) is 17.3 Å². The molecule has 0 amide bonds. The van der Waals surface area contributed by atoms with E-state index in [9.17, 15) is 0 Å². The van der Waals surface area contributed by atoms with E-state index in [2.05, 4.69) is 156 Å². The summed E-state index contributed by atoms with van der Waals surface area (Å²) in [6.45, 7) is 17.7. The molecule has 4 heterocycles. The highest BCUT2D eigenvalue weighted by molar-refractivity contribution is 6.09. The SMILES string of the molecule is [2H]C(CC)(CC)c1ccnc(-n2c3ccccc3c3ccc(Oc4ccnc(-n5[c-][n+](-c6cc(C(C)(C)C)cc(C(C)(C)C)c6)c6ccccc65)c4)cc32)c1. The third kappa shape index (κ3) is 6.44. The first-order valence-electron chi connectivity index (χ1n) is 19.5. The van der Waals surface area contributed by atoms with Gasteiger partial charge >= 0.3 is 0 Å². The van der Waals surface area contributed by atoms with Gasteiger partial charge in [0.05, 0.1) is 27.8 Å². The van der Waals surface area contributed by atoms with Crippen molar-refractivity contribution in [3.63, 3.8) is 0 Å². The molecule has 8 rings (SSSR count). The van der Waals surface area contributed by atoms with Gasteiger partial charge in [0.25, 0.3) is 6.33 Å². The van der Waals surface area contributed by atoms with Crippen LogP contribution < -0.4 is 9.30 Å². The van der Waals surface area contributed by atoms with E-state index in [0.717, 1.165) is 62.7 Å². The minimum atomic E-state index is -0.669. The number of benzene rings is 4. The van der Waals surface area contributed by atoms with E-state index in [1.807, 2.05) is 35.0 Å². The van der Waals surface area contributed by atoms with Crippen LogP contribution in [0.15, 0.2) is 122 Å². The van der Waals surface area contributed by atoms with Crippen molar-refractivity contribution in [3.8, 4) is 28.8 Å². The van der Waals surface area contributed by atoms with Crippen LogP contribution in [0.4, 0.5) is 0 Å². The smallest absolute Gasteiger partial charge is 0.271 e. The van der Waals surface area contributed by atoms with Gasteiger partial charge in [0.2, 0.25) is 0 Å². The molecule has 4 aromatic carbocycles. The molecule has 6 nitrogen and oxygen atoms in total. The van der Waals surface area contributed by atoms with Gasteiger partial charge in [-0.1, -0.05) is 104 Å². The fourth-order valence-corrected chi connectivity index (χ4v) is 7.43. The molecule has 0 aliphatic carbocycles. The Labute approximate surface area is 320 Å². The van der Waals surface area contributed by atoms with Crippen molar-refractivity contribution in [2.45, 2.75) is 85.0 Å². The van der Waals surface area contributed by atoms with Gasteiger partial charge in [-0.05, 0) is 94.8 Å². The van der Waals surface area contributed by atoms with Gasteiger partial charge in [-0.25, -0.2) is 4.98 Å². The molecule has 8 aromatic rings. The normalized spacial score (nSPS) is 12.9. The predicted molar refractivity (Wildman–Crippen MR) is 221 cm³/mol. The van der Waals surface area contributed by atoms with Crippen molar-refractivity contribution in [2.75, 3.05) is 0 Å². The summed E-state index contributed by atoms with van der Waals surface area (Å²) in [7, 11) is 0. The maximum atomic E-state index is 9.13. The lowest BCUT2D eigenvalue weighted by atomic mass is 9.80. The summed E-state index contributed by atoms with van der Waals surface area (Å²) in [4.78, 5) is 9.63. The summed E-state index contributed by atoms with van der Waals surface area (Å²) in [6, 6.07) is 37.8. The Morgan fingerprint density at radius 1 is 0.667 bits per heavy atom. The van der Waals surface area contributed by atoms with Crippen molar-refractivity contribution in [3.05, 3.63) is 145 Å². The lowest BCUT2D eigenvalue weighted by Gasteiger charge is -2.26. The molecule has 272 valence electrons. The second-order valence-electron chi connectivity index (χ2n) is 16.2. The highest BCUT2D eigenvalue weighted by Crippen LogP contribution is 2.36. The number of rotatable bonds is 8. The lowest BCUT2D eigenvalue weighted by Crippen LogP contribution is -2.31. The summed E-state index contributed by atoms with van der Waals surface area (Å²) in [5.74, 6) is 2.19.